The second-order valence-corrected chi connectivity index (χ2v) is 3.81. The standard InChI is InChI=1S/C11H13ClFNO3/c1-16-9-4-6(3-7(12)11(9)13)8(14)5-10(15)17-2/h3-4,8H,5,14H2,1-2H3. The molecular weight excluding hydrogens is 249 g/mol. The molecule has 0 amide bonds. The van der Waals surface area contributed by atoms with Gasteiger partial charge < -0.3 is 15.2 Å². The maximum absolute atomic E-state index is 13.4. The molecule has 1 rings (SSSR count). The highest BCUT2D eigenvalue weighted by atomic mass is 35.5. The molecule has 0 saturated heterocycles. The van der Waals surface area contributed by atoms with Crippen LogP contribution >= 0.6 is 11.6 Å². The van der Waals surface area contributed by atoms with Crippen LogP contribution < -0.4 is 10.5 Å². The van der Waals surface area contributed by atoms with Crippen LogP contribution in [0.3, 0.4) is 0 Å². The van der Waals surface area contributed by atoms with E-state index in [4.69, 9.17) is 22.1 Å². The van der Waals surface area contributed by atoms with Crippen LogP contribution in [0, 0.1) is 5.82 Å². The quantitative estimate of drug-likeness (QED) is 0.843. The van der Waals surface area contributed by atoms with E-state index in [0.717, 1.165) is 0 Å². The Morgan fingerprint density at radius 1 is 1.53 bits per heavy atom. The topological polar surface area (TPSA) is 61.5 Å². The van der Waals surface area contributed by atoms with E-state index in [9.17, 15) is 9.18 Å². The molecule has 0 spiro atoms. The van der Waals surface area contributed by atoms with Crippen LogP contribution in [0.5, 0.6) is 5.75 Å². The summed E-state index contributed by atoms with van der Waals surface area (Å²) in [6.45, 7) is 0. The van der Waals surface area contributed by atoms with Gasteiger partial charge in [0.1, 0.15) is 0 Å². The molecule has 0 saturated carbocycles. The third kappa shape index (κ3) is 3.31. The highest BCUT2D eigenvalue weighted by Crippen LogP contribution is 2.29. The van der Waals surface area contributed by atoms with Crippen LogP contribution in [-0.2, 0) is 9.53 Å². The number of nitrogens with two attached hydrogens (primary N) is 1. The molecule has 1 aromatic carbocycles. The first kappa shape index (κ1) is 13.7. The van der Waals surface area contributed by atoms with E-state index in [1.165, 1.54) is 26.4 Å². The van der Waals surface area contributed by atoms with Crippen molar-refractivity contribution in [3.63, 3.8) is 0 Å². The van der Waals surface area contributed by atoms with Crippen LogP contribution in [-0.4, -0.2) is 20.2 Å². The average Bonchev–Trinajstić information content (AvgIpc) is 2.32. The fourth-order valence-corrected chi connectivity index (χ4v) is 1.55. The number of rotatable bonds is 4. The lowest BCUT2D eigenvalue weighted by molar-refractivity contribution is -0.141. The minimum absolute atomic E-state index is 0.00665. The van der Waals surface area contributed by atoms with Crippen molar-refractivity contribution in [3.8, 4) is 5.75 Å². The first-order valence-corrected chi connectivity index (χ1v) is 5.22. The summed E-state index contributed by atoms with van der Waals surface area (Å²) >= 11 is 5.69. The highest BCUT2D eigenvalue weighted by molar-refractivity contribution is 6.31. The van der Waals surface area contributed by atoms with Crippen molar-refractivity contribution >= 4 is 17.6 Å². The molecule has 0 aliphatic carbocycles. The summed E-state index contributed by atoms with van der Waals surface area (Å²) in [7, 11) is 2.59. The molecule has 1 unspecified atom stereocenters. The maximum Gasteiger partial charge on any atom is 0.307 e. The molecule has 2 N–H and O–H groups in total. The van der Waals surface area contributed by atoms with E-state index in [1.807, 2.05) is 0 Å². The molecule has 6 heteroatoms. The Hall–Kier alpha value is -1.33. The molecule has 0 aromatic heterocycles. The summed E-state index contributed by atoms with van der Waals surface area (Å²) in [6.07, 6.45) is -0.0123. The van der Waals surface area contributed by atoms with Crippen molar-refractivity contribution in [2.24, 2.45) is 5.73 Å². The van der Waals surface area contributed by atoms with Crippen molar-refractivity contribution in [2.75, 3.05) is 14.2 Å². The summed E-state index contributed by atoms with van der Waals surface area (Å²) < 4.78 is 22.7. The van der Waals surface area contributed by atoms with Crippen LogP contribution in [0.25, 0.3) is 0 Å². The van der Waals surface area contributed by atoms with Gasteiger partial charge >= 0.3 is 5.97 Å². The Kier molecular flexibility index (Phi) is 4.72. The summed E-state index contributed by atoms with van der Waals surface area (Å²) in [4.78, 5) is 11.1. The highest BCUT2D eigenvalue weighted by Gasteiger charge is 2.16. The van der Waals surface area contributed by atoms with Gasteiger partial charge in [-0.1, -0.05) is 11.6 Å². The summed E-state index contributed by atoms with van der Waals surface area (Å²) in [5, 5.41) is -0.0975. The van der Waals surface area contributed by atoms with E-state index in [-0.39, 0.29) is 17.2 Å². The van der Waals surface area contributed by atoms with Crippen molar-refractivity contribution in [3.05, 3.63) is 28.5 Å². The zero-order valence-corrected chi connectivity index (χ0v) is 10.3. The van der Waals surface area contributed by atoms with Gasteiger partial charge in [-0.3, -0.25) is 4.79 Å². The average molecular weight is 262 g/mol. The molecule has 4 nitrogen and oxygen atoms in total. The minimum Gasteiger partial charge on any atom is -0.494 e. The predicted octanol–water partition coefficient (Wildman–Crippen LogP) is 2.05. The molecule has 1 atom stereocenters. The fourth-order valence-electron chi connectivity index (χ4n) is 1.33. The van der Waals surface area contributed by atoms with E-state index < -0.39 is 17.8 Å². The number of hydrogen-bond donors (Lipinski definition) is 1. The second kappa shape index (κ2) is 5.84. The molecule has 0 heterocycles. The summed E-state index contributed by atoms with van der Waals surface area (Å²) in [5.74, 6) is -1.10. The maximum atomic E-state index is 13.4. The lowest BCUT2D eigenvalue weighted by Crippen LogP contribution is -2.16. The Bertz CT molecular complexity index is 425. The number of halogens is 2. The number of hydrogen-bond acceptors (Lipinski definition) is 4. The van der Waals surface area contributed by atoms with E-state index in [1.54, 1.807) is 0 Å². The number of benzene rings is 1. The lowest BCUT2D eigenvalue weighted by Gasteiger charge is -2.13. The van der Waals surface area contributed by atoms with Gasteiger partial charge in [-0.25, -0.2) is 4.39 Å². The van der Waals surface area contributed by atoms with Crippen LogP contribution in [0.15, 0.2) is 12.1 Å². The molecule has 0 aliphatic rings. The van der Waals surface area contributed by atoms with Crippen LogP contribution in [0.4, 0.5) is 4.39 Å². The van der Waals surface area contributed by atoms with Gasteiger partial charge in [0, 0.05) is 6.04 Å². The SMILES string of the molecule is COC(=O)CC(N)c1cc(Cl)c(F)c(OC)c1. The molecule has 0 radical (unpaired) electrons. The van der Waals surface area contributed by atoms with Gasteiger partial charge in [-0.15, -0.1) is 0 Å². The molecule has 17 heavy (non-hydrogen) atoms. The van der Waals surface area contributed by atoms with Crippen LogP contribution in [0.1, 0.15) is 18.0 Å². The van der Waals surface area contributed by atoms with Gasteiger partial charge in [-0.2, -0.15) is 0 Å². The summed E-state index contributed by atoms with van der Waals surface area (Å²) in [5.41, 5.74) is 6.29. The largest absolute Gasteiger partial charge is 0.494 e. The zero-order chi connectivity index (χ0) is 13.0. The lowest BCUT2D eigenvalue weighted by atomic mass is 10.0. The minimum atomic E-state index is -0.650. The molecule has 1 aromatic rings. The second-order valence-electron chi connectivity index (χ2n) is 3.41. The Labute approximate surface area is 103 Å². The zero-order valence-electron chi connectivity index (χ0n) is 9.50. The molecule has 0 fully saturated rings. The smallest absolute Gasteiger partial charge is 0.307 e. The summed E-state index contributed by atoms with van der Waals surface area (Å²) in [6, 6.07) is 2.16. The van der Waals surface area contributed by atoms with Gasteiger partial charge in [0.25, 0.3) is 0 Å². The van der Waals surface area contributed by atoms with Crippen molar-refractivity contribution in [1.82, 2.24) is 0 Å². The number of methoxy groups -OCH3 is 2. The Balaban J connectivity index is 2.98. The van der Waals surface area contributed by atoms with Gasteiger partial charge in [0.2, 0.25) is 0 Å². The number of ether oxygens (including phenoxy) is 2. The third-order valence-electron chi connectivity index (χ3n) is 2.28. The van der Waals surface area contributed by atoms with Crippen molar-refractivity contribution in [1.29, 1.82) is 0 Å². The van der Waals surface area contributed by atoms with Gasteiger partial charge in [0.05, 0.1) is 25.7 Å². The molecular formula is C11H13ClFNO3. The van der Waals surface area contributed by atoms with Crippen molar-refractivity contribution < 1.29 is 18.7 Å². The predicted molar refractivity (Wildman–Crippen MR) is 61.5 cm³/mol. The van der Waals surface area contributed by atoms with E-state index in [0.29, 0.717) is 5.56 Å². The molecule has 0 bridgehead atoms. The Morgan fingerprint density at radius 2 is 2.18 bits per heavy atom. The first-order valence-electron chi connectivity index (χ1n) is 4.85. The van der Waals surface area contributed by atoms with E-state index in [2.05, 4.69) is 4.74 Å². The number of esters is 1. The fraction of sp³-hybridized carbons (Fsp3) is 0.364. The number of carbonyl (C=O) groups is 1. The van der Waals surface area contributed by atoms with Gasteiger partial charge in [-0.05, 0) is 17.7 Å². The van der Waals surface area contributed by atoms with Crippen LogP contribution in [0.2, 0.25) is 5.02 Å². The first-order chi connectivity index (χ1) is 7.99. The van der Waals surface area contributed by atoms with Crippen molar-refractivity contribution in [2.45, 2.75) is 12.5 Å². The van der Waals surface area contributed by atoms with E-state index >= 15 is 0 Å². The Morgan fingerprint density at radius 3 is 2.71 bits per heavy atom. The number of carbonyl (C=O) groups excluding carboxylic acids is 1. The monoisotopic (exact) mass is 261 g/mol. The normalized spacial score (nSPS) is 12.1. The third-order valence-corrected chi connectivity index (χ3v) is 2.55. The molecule has 94 valence electrons. The van der Waals surface area contributed by atoms with Gasteiger partial charge in [0.15, 0.2) is 11.6 Å². The molecule has 0 aliphatic heterocycles.